The van der Waals surface area contributed by atoms with Crippen molar-refractivity contribution in [2.75, 3.05) is 6.61 Å². The van der Waals surface area contributed by atoms with Crippen molar-refractivity contribution in [3.05, 3.63) is 57.3 Å². The van der Waals surface area contributed by atoms with Crippen LogP contribution in [0.4, 0.5) is 0 Å². The summed E-state index contributed by atoms with van der Waals surface area (Å²) < 4.78 is 5.92. The van der Waals surface area contributed by atoms with E-state index in [1.165, 1.54) is 21.6 Å². The number of benzene rings is 1. The molecule has 2 unspecified atom stereocenters. The quantitative estimate of drug-likeness (QED) is 0.897. The minimum atomic E-state index is -0.0716. The maximum atomic E-state index is 6.41. The van der Waals surface area contributed by atoms with Gasteiger partial charge in [-0.15, -0.1) is 11.3 Å². The lowest BCUT2D eigenvalue weighted by molar-refractivity contribution is 0.0241. The molecule has 18 heavy (non-hydrogen) atoms. The molecule has 1 aromatic heterocycles. The summed E-state index contributed by atoms with van der Waals surface area (Å²) >= 11 is 1.74. The Morgan fingerprint density at radius 3 is 2.94 bits per heavy atom. The van der Waals surface area contributed by atoms with Crippen molar-refractivity contribution in [2.45, 2.75) is 25.5 Å². The number of ether oxygens (including phenoxy) is 1. The van der Waals surface area contributed by atoms with Crippen LogP contribution in [0.25, 0.3) is 0 Å². The molecule has 0 amide bonds. The molecule has 1 aliphatic rings. The van der Waals surface area contributed by atoms with E-state index in [-0.39, 0.29) is 12.1 Å². The summed E-state index contributed by atoms with van der Waals surface area (Å²) in [5.74, 6) is 0. The van der Waals surface area contributed by atoms with Crippen LogP contribution in [-0.2, 0) is 11.2 Å². The molecule has 3 heteroatoms. The first-order chi connectivity index (χ1) is 8.77. The molecule has 0 spiro atoms. The zero-order valence-electron chi connectivity index (χ0n) is 10.4. The van der Waals surface area contributed by atoms with E-state index < -0.39 is 0 Å². The number of fused-ring (bicyclic) bond motifs is 1. The highest BCUT2D eigenvalue weighted by Gasteiger charge is 2.28. The molecular formula is C15H17NOS. The highest BCUT2D eigenvalue weighted by atomic mass is 32.1. The van der Waals surface area contributed by atoms with Crippen LogP contribution in [0.15, 0.2) is 35.7 Å². The average Bonchev–Trinajstić information content (AvgIpc) is 2.83. The van der Waals surface area contributed by atoms with Crippen LogP contribution in [0.5, 0.6) is 0 Å². The van der Waals surface area contributed by atoms with E-state index in [1.54, 1.807) is 11.3 Å². The van der Waals surface area contributed by atoms with Gasteiger partial charge in [-0.3, -0.25) is 0 Å². The van der Waals surface area contributed by atoms with Gasteiger partial charge in [0.25, 0.3) is 0 Å². The largest absolute Gasteiger partial charge is 0.371 e. The predicted molar refractivity (Wildman–Crippen MR) is 74.8 cm³/mol. The van der Waals surface area contributed by atoms with Crippen LogP contribution < -0.4 is 5.73 Å². The summed E-state index contributed by atoms with van der Waals surface area (Å²) in [5.41, 5.74) is 10.2. The normalized spacial score (nSPS) is 20.4. The highest BCUT2D eigenvalue weighted by Crippen LogP contribution is 2.37. The number of hydrogen-bond donors (Lipinski definition) is 1. The molecule has 0 radical (unpaired) electrons. The molecule has 0 fully saturated rings. The van der Waals surface area contributed by atoms with Crippen molar-refractivity contribution >= 4 is 11.3 Å². The van der Waals surface area contributed by atoms with E-state index in [2.05, 4.69) is 42.6 Å². The van der Waals surface area contributed by atoms with Gasteiger partial charge in [0.15, 0.2) is 0 Å². The minimum absolute atomic E-state index is 0.0109. The zero-order chi connectivity index (χ0) is 12.5. The predicted octanol–water partition coefficient (Wildman–Crippen LogP) is 3.37. The number of hydrogen-bond acceptors (Lipinski definition) is 3. The van der Waals surface area contributed by atoms with E-state index in [0.29, 0.717) is 0 Å². The second-order valence-corrected chi connectivity index (χ2v) is 5.82. The maximum Gasteiger partial charge on any atom is 0.102 e. The van der Waals surface area contributed by atoms with Gasteiger partial charge in [-0.1, -0.05) is 24.3 Å². The molecule has 2 heterocycles. The molecule has 94 valence electrons. The van der Waals surface area contributed by atoms with Crippen LogP contribution in [0.2, 0.25) is 0 Å². The van der Waals surface area contributed by atoms with E-state index in [4.69, 9.17) is 10.5 Å². The van der Waals surface area contributed by atoms with Crippen molar-refractivity contribution < 1.29 is 4.74 Å². The van der Waals surface area contributed by atoms with Gasteiger partial charge in [-0.05, 0) is 41.5 Å². The van der Waals surface area contributed by atoms with Gasteiger partial charge >= 0.3 is 0 Å². The van der Waals surface area contributed by atoms with Crippen LogP contribution in [-0.4, -0.2) is 6.61 Å². The Morgan fingerprint density at radius 1 is 1.33 bits per heavy atom. The van der Waals surface area contributed by atoms with Gasteiger partial charge in [-0.2, -0.15) is 0 Å². The molecule has 2 atom stereocenters. The van der Waals surface area contributed by atoms with Crippen molar-refractivity contribution in [2.24, 2.45) is 5.73 Å². The Morgan fingerprint density at radius 2 is 2.17 bits per heavy atom. The first kappa shape index (κ1) is 11.9. The van der Waals surface area contributed by atoms with Gasteiger partial charge in [0.1, 0.15) is 6.10 Å². The Labute approximate surface area is 111 Å². The monoisotopic (exact) mass is 259 g/mol. The summed E-state index contributed by atoms with van der Waals surface area (Å²) in [4.78, 5) is 1.29. The fraction of sp³-hybridized carbons (Fsp3) is 0.333. The highest BCUT2D eigenvalue weighted by molar-refractivity contribution is 7.10. The molecule has 2 aromatic rings. The number of thiophene rings is 1. The second-order valence-electron chi connectivity index (χ2n) is 4.70. The summed E-state index contributed by atoms with van der Waals surface area (Å²) in [6, 6.07) is 10.5. The Balaban J connectivity index is 1.97. The van der Waals surface area contributed by atoms with Crippen molar-refractivity contribution in [3.8, 4) is 0 Å². The lowest BCUT2D eigenvalue weighted by Crippen LogP contribution is -2.27. The first-order valence-corrected chi connectivity index (χ1v) is 7.14. The molecule has 3 rings (SSSR count). The Kier molecular flexibility index (Phi) is 3.20. The van der Waals surface area contributed by atoms with Gasteiger partial charge in [0.05, 0.1) is 12.6 Å². The third-order valence-electron chi connectivity index (χ3n) is 3.61. The lowest BCUT2D eigenvalue weighted by atomic mass is 9.90. The van der Waals surface area contributed by atoms with E-state index in [0.717, 1.165) is 13.0 Å². The fourth-order valence-corrected chi connectivity index (χ4v) is 3.38. The van der Waals surface area contributed by atoms with Crippen molar-refractivity contribution in [3.63, 3.8) is 0 Å². The van der Waals surface area contributed by atoms with Crippen LogP contribution >= 0.6 is 11.3 Å². The minimum Gasteiger partial charge on any atom is -0.371 e. The van der Waals surface area contributed by atoms with Crippen molar-refractivity contribution in [1.82, 2.24) is 0 Å². The molecular weight excluding hydrogens is 242 g/mol. The number of aryl methyl sites for hydroxylation is 1. The van der Waals surface area contributed by atoms with Gasteiger partial charge in [0.2, 0.25) is 0 Å². The summed E-state index contributed by atoms with van der Waals surface area (Å²) in [7, 11) is 0. The third-order valence-corrected chi connectivity index (χ3v) is 4.48. The lowest BCUT2D eigenvalue weighted by Gasteiger charge is -2.30. The van der Waals surface area contributed by atoms with E-state index in [9.17, 15) is 0 Å². The summed E-state index contributed by atoms with van der Waals surface area (Å²) in [6.07, 6.45) is 0.977. The first-order valence-electron chi connectivity index (χ1n) is 6.26. The van der Waals surface area contributed by atoms with Crippen LogP contribution in [0.1, 0.15) is 33.7 Å². The Bertz CT molecular complexity index is 549. The van der Waals surface area contributed by atoms with Crippen LogP contribution in [0.3, 0.4) is 0 Å². The molecule has 1 aliphatic heterocycles. The smallest absolute Gasteiger partial charge is 0.102 e. The standard InChI is InChI=1S/C15H17NOS/c1-10-12(7-9-18-10)14(16)15-13-5-3-2-4-11(13)6-8-17-15/h2-5,7,9,14-15H,6,8,16H2,1H3. The fourth-order valence-electron chi connectivity index (χ4n) is 2.63. The van der Waals surface area contributed by atoms with Gasteiger partial charge in [0, 0.05) is 4.88 Å². The van der Waals surface area contributed by atoms with Crippen molar-refractivity contribution in [1.29, 1.82) is 0 Å². The molecule has 0 saturated carbocycles. The number of rotatable bonds is 2. The van der Waals surface area contributed by atoms with Gasteiger partial charge in [-0.25, -0.2) is 0 Å². The molecule has 1 aromatic carbocycles. The Hall–Kier alpha value is -1.16. The molecule has 0 aliphatic carbocycles. The van der Waals surface area contributed by atoms with E-state index in [1.807, 2.05) is 0 Å². The summed E-state index contributed by atoms with van der Waals surface area (Å²) in [6.45, 7) is 2.88. The second kappa shape index (κ2) is 4.84. The zero-order valence-corrected chi connectivity index (χ0v) is 11.2. The van der Waals surface area contributed by atoms with Gasteiger partial charge < -0.3 is 10.5 Å². The average molecular weight is 259 g/mol. The molecule has 2 nitrogen and oxygen atoms in total. The van der Waals surface area contributed by atoms with E-state index >= 15 is 0 Å². The number of nitrogens with two attached hydrogens (primary N) is 1. The molecule has 0 bridgehead atoms. The third kappa shape index (κ3) is 1.99. The summed E-state index contributed by atoms with van der Waals surface area (Å²) in [5, 5.41) is 2.10. The molecule has 2 N–H and O–H groups in total. The van der Waals surface area contributed by atoms with Crippen LogP contribution in [0, 0.1) is 6.92 Å². The maximum absolute atomic E-state index is 6.41. The topological polar surface area (TPSA) is 35.2 Å². The molecule has 0 saturated heterocycles. The SMILES string of the molecule is Cc1sccc1C(N)C1OCCc2ccccc21.